The number of allylic oxidation sites excluding steroid dienone is 1. The molecule has 41 heavy (non-hydrogen) atoms. The number of aromatic hydroxyl groups is 1. The summed E-state index contributed by atoms with van der Waals surface area (Å²) < 4.78 is 27.0. The molecule has 2 heterocycles. The summed E-state index contributed by atoms with van der Waals surface area (Å²) in [5.74, 6) is -0.0418. The van der Waals surface area contributed by atoms with E-state index in [4.69, 9.17) is 25.5 Å². The molecular weight excluding hydrogens is 575 g/mol. The second-order valence-corrected chi connectivity index (χ2v) is 8.96. The number of Topliss-reactive ketones (excluding diaryl/α,β-unsaturated/α-hetero) is 1. The van der Waals surface area contributed by atoms with Gasteiger partial charge in [-0.3, -0.25) is 9.59 Å². The molecule has 3 rings (SSSR count). The first-order chi connectivity index (χ1) is 19.7. The van der Waals surface area contributed by atoms with Crippen LogP contribution in [0.5, 0.6) is 16.7 Å². The van der Waals surface area contributed by atoms with Crippen LogP contribution in [0, 0.1) is 5.82 Å². The molecule has 0 saturated carbocycles. The predicted octanol–water partition coefficient (Wildman–Crippen LogP) is 7.10. The highest BCUT2D eigenvalue weighted by Crippen LogP contribution is 2.32. The number of nitrogens with zero attached hydrogens (tertiary/aromatic N) is 1. The zero-order chi connectivity index (χ0) is 31.2. The molecule has 2 aromatic heterocycles. The zero-order valence-corrected chi connectivity index (χ0v) is 25.7. The lowest BCUT2D eigenvalue weighted by Gasteiger charge is -2.03. The second kappa shape index (κ2) is 22.0. The number of benzene rings is 1. The molecule has 1 aromatic carbocycles. The number of carbonyl (C=O) groups excluding carboxylic acids is 2. The second-order valence-electron chi connectivity index (χ2n) is 7.56. The molecule has 9 nitrogen and oxygen atoms in total. The number of ether oxygens (including phenoxy) is 2. The predicted molar refractivity (Wildman–Crippen MR) is 160 cm³/mol. The Balaban J connectivity index is 0.000000660. The molecule has 2 N–H and O–H groups in total. The highest BCUT2D eigenvalue weighted by Gasteiger charge is 2.17. The Hall–Kier alpha value is -3.70. The topological polar surface area (TPSA) is 128 Å². The molecule has 0 unspecified atom stereocenters. The van der Waals surface area contributed by atoms with E-state index in [1.165, 1.54) is 36.6 Å². The minimum Gasteiger partial charge on any atom is -0.507 e. The van der Waals surface area contributed by atoms with Crippen LogP contribution in [-0.4, -0.2) is 36.5 Å². The number of methoxy groups -OCH3 is 1. The monoisotopic (exact) mass is 612 g/mol. The van der Waals surface area contributed by atoms with Gasteiger partial charge in [0.15, 0.2) is 5.78 Å². The van der Waals surface area contributed by atoms with Gasteiger partial charge < -0.3 is 24.3 Å². The van der Waals surface area contributed by atoms with Crippen LogP contribution >= 0.6 is 22.9 Å². The molecule has 0 radical (unpaired) electrons. The Morgan fingerprint density at radius 3 is 2.37 bits per heavy atom. The van der Waals surface area contributed by atoms with E-state index in [1.807, 2.05) is 40.1 Å². The van der Waals surface area contributed by atoms with Crippen LogP contribution < -0.4 is 15.7 Å². The summed E-state index contributed by atoms with van der Waals surface area (Å²) in [5, 5.41) is 13.5. The minimum absolute atomic E-state index is 0.159. The Bertz CT molecular complexity index is 1260. The first-order valence-corrected chi connectivity index (χ1v) is 14.2. The Labute approximate surface area is 249 Å². The summed E-state index contributed by atoms with van der Waals surface area (Å²) >= 11 is 7.30. The molecule has 12 heteroatoms. The van der Waals surface area contributed by atoms with Gasteiger partial charge in [-0.2, -0.15) is 4.98 Å². The van der Waals surface area contributed by atoms with Crippen molar-refractivity contribution in [3.8, 4) is 16.7 Å². The normalized spacial score (nSPS) is 9.76. The van der Waals surface area contributed by atoms with Gasteiger partial charge in [-0.25, -0.2) is 9.18 Å². The SMILES string of the molecule is CC.CCC(=O)c1c(O)cc(CCC/C=C/NC)oc1=O.CCc1sc(Oc2ccc(F)cc2)nc1Cl.COC=O. The molecule has 0 atom stereocenters. The van der Waals surface area contributed by atoms with Gasteiger partial charge in [-0.1, -0.05) is 56.7 Å². The van der Waals surface area contributed by atoms with Gasteiger partial charge >= 0.3 is 5.63 Å². The molecule has 0 fully saturated rings. The van der Waals surface area contributed by atoms with Crippen molar-refractivity contribution in [1.82, 2.24) is 10.3 Å². The zero-order valence-electron chi connectivity index (χ0n) is 24.2. The maximum absolute atomic E-state index is 12.7. The van der Waals surface area contributed by atoms with Gasteiger partial charge in [-0.05, 0) is 49.7 Å². The van der Waals surface area contributed by atoms with Gasteiger partial charge in [0, 0.05) is 30.8 Å². The third-order valence-corrected chi connectivity index (χ3v) is 6.23. The maximum Gasteiger partial charge on any atom is 0.350 e. The highest BCUT2D eigenvalue weighted by molar-refractivity contribution is 7.14. The molecule has 0 aliphatic rings. The van der Waals surface area contributed by atoms with E-state index in [9.17, 15) is 19.1 Å². The van der Waals surface area contributed by atoms with E-state index < -0.39 is 11.4 Å². The van der Waals surface area contributed by atoms with Gasteiger partial charge in [0.05, 0.1) is 7.11 Å². The van der Waals surface area contributed by atoms with Crippen LogP contribution in [0.25, 0.3) is 0 Å². The highest BCUT2D eigenvalue weighted by atomic mass is 35.5. The fourth-order valence-corrected chi connectivity index (χ4v) is 3.99. The first kappa shape index (κ1) is 37.3. The first-order valence-electron chi connectivity index (χ1n) is 13.0. The molecule has 0 aliphatic heterocycles. The number of carbonyl (C=O) groups is 2. The fraction of sp³-hybridized carbons (Fsp3) is 0.379. The Morgan fingerprint density at radius 2 is 1.88 bits per heavy atom. The fourth-order valence-electron chi connectivity index (χ4n) is 2.86. The number of nitrogens with one attached hydrogen (secondary N) is 1. The minimum atomic E-state index is -0.757. The lowest BCUT2D eigenvalue weighted by atomic mass is 10.1. The molecular formula is C29H38ClFN2O7S. The molecule has 226 valence electrons. The number of ketones is 1. The van der Waals surface area contributed by atoms with Gasteiger partial charge in [0.1, 0.15) is 33.8 Å². The number of hydrogen-bond acceptors (Lipinski definition) is 10. The van der Waals surface area contributed by atoms with Crippen LogP contribution in [0.15, 0.2) is 51.8 Å². The summed E-state index contributed by atoms with van der Waals surface area (Å²) in [5.41, 5.74) is -1.01. The number of halogens is 2. The lowest BCUT2D eigenvalue weighted by Crippen LogP contribution is -2.14. The number of rotatable bonds is 11. The van der Waals surface area contributed by atoms with Gasteiger partial charge in [-0.15, -0.1) is 0 Å². The summed E-state index contributed by atoms with van der Waals surface area (Å²) in [7, 11) is 3.13. The van der Waals surface area contributed by atoms with E-state index in [-0.39, 0.29) is 23.6 Å². The van der Waals surface area contributed by atoms with Crippen molar-refractivity contribution in [2.24, 2.45) is 0 Å². The van der Waals surface area contributed by atoms with Crippen LogP contribution in [0.1, 0.15) is 68.0 Å². The molecule has 3 aromatic rings. The third-order valence-electron chi connectivity index (χ3n) is 4.73. The van der Waals surface area contributed by atoms with Crippen molar-refractivity contribution in [1.29, 1.82) is 0 Å². The molecule has 0 bridgehead atoms. The van der Waals surface area contributed by atoms with Gasteiger partial charge in [0.25, 0.3) is 11.7 Å². The largest absolute Gasteiger partial charge is 0.507 e. The van der Waals surface area contributed by atoms with Crippen molar-refractivity contribution >= 4 is 35.2 Å². The summed E-state index contributed by atoms with van der Waals surface area (Å²) in [6.07, 6.45) is 6.94. The van der Waals surface area contributed by atoms with E-state index >= 15 is 0 Å². The van der Waals surface area contributed by atoms with Crippen molar-refractivity contribution in [3.05, 3.63) is 80.2 Å². The van der Waals surface area contributed by atoms with E-state index in [2.05, 4.69) is 15.0 Å². The third kappa shape index (κ3) is 14.5. The van der Waals surface area contributed by atoms with Crippen molar-refractivity contribution in [3.63, 3.8) is 0 Å². The lowest BCUT2D eigenvalue weighted by molar-refractivity contribution is -0.126. The summed E-state index contributed by atoms with van der Waals surface area (Å²) in [4.78, 5) is 37.1. The number of aryl methyl sites for hydroxylation is 2. The Kier molecular flexibility index (Phi) is 20.1. The molecule has 0 saturated heterocycles. The van der Waals surface area contributed by atoms with Crippen molar-refractivity contribution in [2.45, 2.75) is 59.8 Å². The summed E-state index contributed by atoms with van der Waals surface area (Å²) in [6.45, 7) is 8.00. The average Bonchev–Trinajstić information content (AvgIpc) is 3.33. The smallest absolute Gasteiger partial charge is 0.350 e. The van der Waals surface area contributed by atoms with Crippen LogP contribution in [0.3, 0.4) is 0 Å². The van der Waals surface area contributed by atoms with E-state index in [1.54, 1.807) is 19.1 Å². The quantitative estimate of drug-likeness (QED) is 0.132. The molecule has 0 aliphatic carbocycles. The number of aromatic nitrogens is 1. The van der Waals surface area contributed by atoms with Crippen LogP contribution in [0.4, 0.5) is 4.39 Å². The number of hydrogen-bond donors (Lipinski definition) is 2. The van der Waals surface area contributed by atoms with Crippen molar-refractivity contribution < 1.29 is 33.0 Å². The van der Waals surface area contributed by atoms with Gasteiger partial charge in [0.2, 0.25) is 0 Å². The van der Waals surface area contributed by atoms with Crippen LogP contribution in [-0.2, 0) is 22.4 Å². The summed E-state index contributed by atoms with van der Waals surface area (Å²) in [6, 6.07) is 7.13. The van der Waals surface area contributed by atoms with E-state index in [0.717, 1.165) is 24.1 Å². The Morgan fingerprint density at radius 1 is 1.24 bits per heavy atom. The maximum atomic E-state index is 12.7. The number of thiazole rings is 1. The molecule has 0 spiro atoms. The standard InChI is InChI=1S/C14H19NO4.C11H9ClFNOS.C2H4O2.C2H6/c1-3-11(16)13-12(17)9-10(19-14(13)18)7-5-4-6-8-15-2;1-2-9-10(12)14-11(16-9)15-8-5-3-7(13)4-6-8;1-4-2-3;1-2/h6,8-9,15,17H,3-5,7H2,1-2H3;3-6H,2H2,1H3;2H,1H3;1-2H3/b8-6+;;;. The van der Waals surface area contributed by atoms with E-state index in [0.29, 0.717) is 34.7 Å². The number of unbranched alkanes of at least 4 members (excludes halogenated alkanes) is 1. The van der Waals surface area contributed by atoms with Crippen LogP contribution in [0.2, 0.25) is 5.15 Å². The average molecular weight is 613 g/mol. The molecule has 0 amide bonds. The van der Waals surface area contributed by atoms with Crippen molar-refractivity contribution in [2.75, 3.05) is 14.2 Å².